The van der Waals surface area contributed by atoms with E-state index in [9.17, 15) is 0 Å². The molecule has 2 nitrogen and oxygen atoms in total. The first-order valence-electron chi connectivity index (χ1n) is 6.59. The van der Waals surface area contributed by atoms with E-state index in [1.165, 1.54) is 18.4 Å². The summed E-state index contributed by atoms with van der Waals surface area (Å²) in [6, 6.07) is 11.8. The molecule has 2 atom stereocenters. The van der Waals surface area contributed by atoms with Crippen LogP contribution in [-0.4, -0.2) is 31.6 Å². The minimum atomic E-state index is 0.483. The molecule has 0 aliphatic rings. The average Bonchev–Trinajstić information content (AvgIpc) is 2.28. The quantitative estimate of drug-likeness (QED) is 0.780. The summed E-state index contributed by atoms with van der Waals surface area (Å²) in [6.45, 7) is 5.58. The molecule has 1 aromatic carbocycles. The van der Waals surface area contributed by atoms with Crippen molar-refractivity contribution in [1.29, 1.82) is 0 Å². The third-order valence-corrected chi connectivity index (χ3v) is 2.90. The third-order valence-electron chi connectivity index (χ3n) is 2.90. The highest BCUT2D eigenvalue weighted by Gasteiger charge is 2.13. The third kappa shape index (κ3) is 5.33. The van der Waals surface area contributed by atoms with Gasteiger partial charge in [-0.25, -0.2) is 0 Å². The van der Waals surface area contributed by atoms with Crippen molar-refractivity contribution in [3.8, 4) is 0 Å². The van der Waals surface area contributed by atoms with Gasteiger partial charge in [0.25, 0.3) is 0 Å². The van der Waals surface area contributed by atoms with E-state index in [0.717, 1.165) is 6.54 Å². The van der Waals surface area contributed by atoms with Gasteiger partial charge >= 0.3 is 0 Å². The molecule has 0 saturated heterocycles. The van der Waals surface area contributed by atoms with E-state index < -0.39 is 0 Å². The Hall–Kier alpha value is -0.860. The first kappa shape index (κ1) is 14.2. The highest BCUT2D eigenvalue weighted by Crippen LogP contribution is 2.18. The molecule has 0 saturated carbocycles. The number of hydrogen-bond acceptors (Lipinski definition) is 2. The van der Waals surface area contributed by atoms with E-state index >= 15 is 0 Å². The Morgan fingerprint density at radius 1 is 1.18 bits per heavy atom. The minimum Gasteiger partial charge on any atom is -0.308 e. The van der Waals surface area contributed by atoms with Gasteiger partial charge in [-0.3, -0.25) is 0 Å². The summed E-state index contributed by atoms with van der Waals surface area (Å²) in [4.78, 5) is 2.23. The summed E-state index contributed by atoms with van der Waals surface area (Å²) in [6.07, 6.45) is 2.41. The molecule has 1 N–H and O–H groups in total. The van der Waals surface area contributed by atoms with Gasteiger partial charge in [0.2, 0.25) is 0 Å². The van der Waals surface area contributed by atoms with Crippen molar-refractivity contribution >= 4 is 0 Å². The zero-order valence-corrected chi connectivity index (χ0v) is 11.6. The Morgan fingerprint density at radius 2 is 1.82 bits per heavy atom. The van der Waals surface area contributed by atoms with Crippen LogP contribution in [0.4, 0.5) is 0 Å². The predicted molar refractivity (Wildman–Crippen MR) is 75.2 cm³/mol. The molecule has 0 aliphatic heterocycles. The second kappa shape index (κ2) is 7.46. The monoisotopic (exact) mass is 234 g/mol. The van der Waals surface area contributed by atoms with Crippen molar-refractivity contribution in [3.63, 3.8) is 0 Å². The number of benzene rings is 1. The second-order valence-corrected chi connectivity index (χ2v) is 5.08. The molecular weight excluding hydrogens is 208 g/mol. The fourth-order valence-corrected chi connectivity index (χ4v) is 2.26. The molecule has 0 bridgehead atoms. The van der Waals surface area contributed by atoms with Crippen LogP contribution in [0.3, 0.4) is 0 Å². The lowest BCUT2D eigenvalue weighted by molar-refractivity contribution is 0.323. The van der Waals surface area contributed by atoms with Gasteiger partial charge in [-0.1, -0.05) is 43.7 Å². The maximum atomic E-state index is 3.72. The summed E-state index contributed by atoms with van der Waals surface area (Å²) in [5.41, 5.74) is 1.40. The lowest BCUT2D eigenvalue weighted by Gasteiger charge is -2.25. The van der Waals surface area contributed by atoms with E-state index in [4.69, 9.17) is 0 Å². The number of hydrogen-bond donors (Lipinski definition) is 1. The summed E-state index contributed by atoms with van der Waals surface area (Å²) >= 11 is 0. The van der Waals surface area contributed by atoms with Crippen molar-refractivity contribution in [3.05, 3.63) is 35.9 Å². The van der Waals surface area contributed by atoms with Crippen molar-refractivity contribution < 1.29 is 0 Å². The molecule has 0 aromatic heterocycles. The van der Waals surface area contributed by atoms with Gasteiger partial charge in [0.15, 0.2) is 0 Å². The van der Waals surface area contributed by atoms with Crippen LogP contribution in [-0.2, 0) is 0 Å². The Bertz CT molecular complexity index is 295. The van der Waals surface area contributed by atoms with Crippen LogP contribution in [0.5, 0.6) is 0 Å². The molecule has 0 radical (unpaired) electrons. The summed E-state index contributed by atoms with van der Waals surface area (Å²) in [7, 11) is 4.24. The summed E-state index contributed by atoms with van der Waals surface area (Å²) in [5, 5.41) is 3.72. The van der Waals surface area contributed by atoms with Crippen LogP contribution in [0.25, 0.3) is 0 Å². The lowest BCUT2D eigenvalue weighted by atomic mass is 10.0. The molecule has 0 fully saturated rings. The van der Waals surface area contributed by atoms with E-state index in [-0.39, 0.29) is 0 Å². The molecule has 1 rings (SSSR count). The molecule has 2 heteroatoms. The van der Waals surface area contributed by atoms with Gasteiger partial charge in [0.1, 0.15) is 0 Å². The highest BCUT2D eigenvalue weighted by molar-refractivity contribution is 5.18. The van der Waals surface area contributed by atoms with Gasteiger partial charge in [-0.2, -0.15) is 0 Å². The van der Waals surface area contributed by atoms with Gasteiger partial charge in [0.05, 0.1) is 0 Å². The number of likely N-dealkylation sites (N-methyl/N-ethyl adjacent to an activating group) is 1. The Labute approximate surface area is 106 Å². The summed E-state index contributed by atoms with van der Waals surface area (Å²) < 4.78 is 0. The van der Waals surface area contributed by atoms with Crippen molar-refractivity contribution in [2.75, 3.05) is 20.6 Å². The first-order chi connectivity index (χ1) is 8.13. The van der Waals surface area contributed by atoms with Gasteiger partial charge in [0, 0.05) is 18.6 Å². The zero-order valence-electron chi connectivity index (χ0n) is 11.6. The molecule has 17 heavy (non-hydrogen) atoms. The Morgan fingerprint density at radius 3 is 2.35 bits per heavy atom. The zero-order chi connectivity index (χ0) is 12.7. The molecule has 0 spiro atoms. The molecular formula is C15H26N2. The van der Waals surface area contributed by atoms with Gasteiger partial charge in [-0.15, -0.1) is 0 Å². The van der Waals surface area contributed by atoms with E-state index in [0.29, 0.717) is 12.1 Å². The molecule has 0 heterocycles. The summed E-state index contributed by atoms with van der Waals surface area (Å²) in [5.74, 6) is 0. The molecule has 96 valence electrons. The normalized spacial score (nSPS) is 14.9. The largest absolute Gasteiger partial charge is 0.308 e. The highest BCUT2D eigenvalue weighted by atomic mass is 15.1. The standard InChI is InChI=1S/C15H26N2/c1-5-9-15(14-10-7-6-8-11-14)16-13(2)12-17(3)4/h6-8,10-11,13,15-16H,5,9,12H2,1-4H3. The Balaban J connectivity index is 2.60. The van der Waals surface area contributed by atoms with Crippen LogP contribution in [0, 0.1) is 0 Å². The number of nitrogens with one attached hydrogen (secondary N) is 1. The second-order valence-electron chi connectivity index (χ2n) is 5.08. The van der Waals surface area contributed by atoms with Crippen LogP contribution >= 0.6 is 0 Å². The van der Waals surface area contributed by atoms with Crippen LogP contribution < -0.4 is 5.32 Å². The molecule has 1 aromatic rings. The van der Waals surface area contributed by atoms with Crippen molar-refractivity contribution in [1.82, 2.24) is 10.2 Å². The maximum absolute atomic E-state index is 3.72. The van der Waals surface area contributed by atoms with Crippen molar-refractivity contribution in [2.24, 2.45) is 0 Å². The van der Waals surface area contributed by atoms with Crippen molar-refractivity contribution in [2.45, 2.75) is 38.8 Å². The number of rotatable bonds is 7. The predicted octanol–water partition coefficient (Wildman–Crippen LogP) is 3.07. The smallest absolute Gasteiger partial charge is 0.0322 e. The van der Waals surface area contributed by atoms with Gasteiger partial charge in [-0.05, 0) is 33.0 Å². The lowest BCUT2D eigenvalue weighted by Crippen LogP contribution is -2.38. The fraction of sp³-hybridized carbons (Fsp3) is 0.600. The van der Waals surface area contributed by atoms with Crippen LogP contribution in [0.2, 0.25) is 0 Å². The van der Waals surface area contributed by atoms with Gasteiger partial charge < -0.3 is 10.2 Å². The SMILES string of the molecule is CCCC(NC(C)CN(C)C)c1ccccc1. The van der Waals surface area contributed by atoms with E-state index in [2.05, 4.69) is 68.5 Å². The molecule has 2 unspecified atom stereocenters. The minimum absolute atomic E-state index is 0.483. The first-order valence-corrected chi connectivity index (χ1v) is 6.59. The number of nitrogens with zero attached hydrogens (tertiary/aromatic N) is 1. The van der Waals surface area contributed by atoms with Crippen LogP contribution in [0.1, 0.15) is 38.3 Å². The topological polar surface area (TPSA) is 15.3 Å². The molecule has 0 amide bonds. The van der Waals surface area contributed by atoms with Crippen LogP contribution in [0.15, 0.2) is 30.3 Å². The van der Waals surface area contributed by atoms with E-state index in [1.54, 1.807) is 0 Å². The van der Waals surface area contributed by atoms with E-state index in [1.807, 2.05) is 0 Å². The Kier molecular flexibility index (Phi) is 6.23. The maximum Gasteiger partial charge on any atom is 0.0322 e. The average molecular weight is 234 g/mol. The molecule has 0 aliphatic carbocycles. The fourth-order valence-electron chi connectivity index (χ4n) is 2.26.